The molecule has 0 spiro atoms. The summed E-state index contributed by atoms with van der Waals surface area (Å²) in [5.74, 6) is 0.0370. The molecule has 3 aromatic rings. The van der Waals surface area contributed by atoms with Crippen LogP contribution in [0.4, 0.5) is 5.69 Å². The number of para-hydroxylation sites is 1. The maximum Gasteiger partial charge on any atom is 0.255 e. The number of aliphatic hydroxyl groups is 1. The van der Waals surface area contributed by atoms with E-state index in [-0.39, 0.29) is 10.1 Å². The number of nitrogens with one attached hydrogen (secondary N) is 2. The Labute approximate surface area is 264 Å². The number of sulfonamides is 1. The van der Waals surface area contributed by atoms with Crippen LogP contribution in [0, 0.1) is 0 Å². The number of halogens is 2. The van der Waals surface area contributed by atoms with Crippen molar-refractivity contribution < 1.29 is 23.1 Å². The summed E-state index contributed by atoms with van der Waals surface area (Å²) < 4.78 is 36.1. The molecule has 3 N–H and O–H groups in total. The number of amides is 1. The third-order valence-electron chi connectivity index (χ3n) is 8.06. The van der Waals surface area contributed by atoms with Crippen LogP contribution in [0.5, 0.6) is 5.75 Å². The van der Waals surface area contributed by atoms with Gasteiger partial charge in [-0.3, -0.25) is 9.69 Å². The molecule has 2 aromatic carbocycles. The molecule has 2 aliphatic rings. The molecule has 1 aliphatic heterocycles. The van der Waals surface area contributed by atoms with Crippen LogP contribution in [0.1, 0.15) is 73.5 Å². The number of nitrogens with zero attached hydrogens (tertiary/aromatic N) is 1. The Morgan fingerprint density at radius 1 is 1.17 bits per heavy atom. The van der Waals surface area contributed by atoms with Crippen LogP contribution in [0.3, 0.4) is 0 Å². The third-order valence-corrected chi connectivity index (χ3v) is 12.5. The Morgan fingerprint density at radius 3 is 2.57 bits per heavy atom. The summed E-state index contributed by atoms with van der Waals surface area (Å²) in [5, 5.41) is 14.3. The number of benzene rings is 2. The van der Waals surface area contributed by atoms with Crippen molar-refractivity contribution in [1.29, 1.82) is 0 Å². The van der Waals surface area contributed by atoms with Crippen molar-refractivity contribution in [2.24, 2.45) is 0 Å². The zero-order valence-electron chi connectivity index (χ0n) is 23.7. The number of thiophene rings is 1. The van der Waals surface area contributed by atoms with Crippen molar-refractivity contribution in [1.82, 2.24) is 9.62 Å². The minimum Gasteiger partial charge on any atom is -0.485 e. The van der Waals surface area contributed by atoms with Gasteiger partial charge in [0.15, 0.2) is 0 Å². The summed E-state index contributed by atoms with van der Waals surface area (Å²) in [4.78, 5) is 15.9. The fraction of sp³-hybridized carbons (Fsp3) is 0.433. The van der Waals surface area contributed by atoms with E-state index in [0.717, 1.165) is 22.6 Å². The molecule has 42 heavy (non-hydrogen) atoms. The molecule has 2 heterocycles. The second kappa shape index (κ2) is 12.6. The van der Waals surface area contributed by atoms with E-state index in [0.29, 0.717) is 38.3 Å². The minimum atomic E-state index is -4.06. The maximum absolute atomic E-state index is 13.5. The molecule has 1 saturated carbocycles. The van der Waals surface area contributed by atoms with Gasteiger partial charge in [0.1, 0.15) is 26.0 Å². The molecule has 2 atom stereocenters. The molecular weight excluding hydrogens is 662 g/mol. The van der Waals surface area contributed by atoms with Gasteiger partial charge in [0, 0.05) is 33.9 Å². The van der Waals surface area contributed by atoms with Gasteiger partial charge in [0.25, 0.3) is 15.9 Å². The maximum atomic E-state index is 13.5. The lowest BCUT2D eigenvalue weighted by molar-refractivity contribution is -0.0603. The normalized spacial score (nSPS) is 20.6. The minimum absolute atomic E-state index is 0.00104. The van der Waals surface area contributed by atoms with Crippen LogP contribution >= 0.6 is 38.9 Å². The molecule has 1 amide bonds. The van der Waals surface area contributed by atoms with Gasteiger partial charge in [-0.2, -0.15) is 0 Å². The monoisotopic (exact) mass is 695 g/mol. The zero-order chi connectivity index (χ0) is 30.2. The first-order valence-electron chi connectivity index (χ1n) is 13.9. The zero-order valence-corrected chi connectivity index (χ0v) is 27.7. The number of carbonyl (C=O) groups is 1. The van der Waals surface area contributed by atoms with Crippen LogP contribution < -0.4 is 14.8 Å². The SMILES string of the molecule is CN(Cc1ccccc1NC(=O)c1ccc2c(c1)C(NS(=O)(=O)c1cc(Br)c(Cl)s1)C(O)C(C)(C)O2)C1CCCCC1. The average molecular weight is 697 g/mol. The molecule has 2 unspecified atom stereocenters. The smallest absolute Gasteiger partial charge is 0.255 e. The van der Waals surface area contributed by atoms with Crippen LogP contribution in [0.15, 0.2) is 57.2 Å². The molecule has 226 valence electrons. The lowest BCUT2D eigenvalue weighted by Gasteiger charge is -2.42. The molecule has 8 nitrogen and oxygen atoms in total. The first kappa shape index (κ1) is 31.4. The number of anilines is 1. The summed E-state index contributed by atoms with van der Waals surface area (Å²) in [6.45, 7) is 4.08. The summed E-state index contributed by atoms with van der Waals surface area (Å²) in [6.07, 6.45) is 4.92. The number of fused-ring (bicyclic) bond motifs is 1. The third kappa shape index (κ3) is 6.72. The Morgan fingerprint density at radius 2 is 1.88 bits per heavy atom. The predicted octanol–water partition coefficient (Wildman–Crippen LogP) is 6.73. The summed E-state index contributed by atoms with van der Waals surface area (Å²) in [7, 11) is -1.93. The molecule has 12 heteroatoms. The van der Waals surface area contributed by atoms with Crippen LogP contribution in [0.2, 0.25) is 4.34 Å². The van der Waals surface area contributed by atoms with E-state index in [1.54, 1.807) is 32.0 Å². The second-order valence-electron chi connectivity index (χ2n) is 11.5. The Kier molecular flexibility index (Phi) is 9.39. The molecule has 0 bridgehead atoms. The summed E-state index contributed by atoms with van der Waals surface area (Å²) >= 11 is 10.3. The number of rotatable bonds is 8. The van der Waals surface area contributed by atoms with Crippen molar-refractivity contribution >= 4 is 60.5 Å². The predicted molar refractivity (Wildman–Crippen MR) is 170 cm³/mol. The van der Waals surface area contributed by atoms with Crippen molar-refractivity contribution in [3.8, 4) is 5.75 Å². The lowest BCUT2D eigenvalue weighted by atomic mass is 9.86. The Bertz CT molecular complexity index is 1550. The molecule has 0 radical (unpaired) electrons. The summed E-state index contributed by atoms with van der Waals surface area (Å²) in [5.41, 5.74) is 1.32. The van der Waals surface area contributed by atoms with Crippen LogP contribution in [-0.4, -0.2) is 49.1 Å². The Balaban J connectivity index is 1.40. The second-order valence-corrected chi connectivity index (χ2v) is 16.0. The van der Waals surface area contributed by atoms with Gasteiger partial charge < -0.3 is 15.2 Å². The topological polar surface area (TPSA) is 108 Å². The highest BCUT2D eigenvalue weighted by atomic mass is 79.9. The first-order valence-corrected chi connectivity index (χ1v) is 17.4. The van der Waals surface area contributed by atoms with Crippen molar-refractivity contribution in [2.45, 2.75) is 80.5 Å². The van der Waals surface area contributed by atoms with Crippen LogP contribution in [-0.2, 0) is 16.6 Å². The molecule has 1 aliphatic carbocycles. The Hall–Kier alpha value is -1.99. The van der Waals surface area contributed by atoms with Gasteiger partial charge in [-0.1, -0.05) is 49.1 Å². The van der Waals surface area contributed by atoms with E-state index >= 15 is 0 Å². The number of ether oxygens (including phenoxy) is 1. The molecule has 1 fully saturated rings. The van der Waals surface area contributed by atoms with Gasteiger partial charge in [-0.15, -0.1) is 11.3 Å². The van der Waals surface area contributed by atoms with E-state index in [1.807, 2.05) is 24.3 Å². The van der Waals surface area contributed by atoms with E-state index < -0.39 is 27.8 Å². The van der Waals surface area contributed by atoms with E-state index in [1.165, 1.54) is 38.2 Å². The molecule has 5 rings (SSSR count). The highest BCUT2D eigenvalue weighted by molar-refractivity contribution is 9.10. The van der Waals surface area contributed by atoms with Gasteiger partial charge in [0.2, 0.25) is 0 Å². The van der Waals surface area contributed by atoms with Gasteiger partial charge in [-0.05, 0) is 85.6 Å². The molecule has 1 aromatic heterocycles. The standard InChI is InChI=1S/C30H35BrClN3O5S2/c1-30(2)27(36)26(34-42(38,39)25-16-22(31)28(32)41-25)21-15-18(13-14-24(21)40-30)29(37)33-23-12-8-7-9-19(23)17-35(3)20-10-5-4-6-11-20/h7-9,12-16,20,26-27,34,36H,4-6,10-11,17H2,1-3H3,(H,33,37). The summed E-state index contributed by atoms with van der Waals surface area (Å²) in [6, 6.07) is 13.5. The van der Waals surface area contributed by atoms with E-state index in [2.05, 4.69) is 37.9 Å². The van der Waals surface area contributed by atoms with E-state index in [4.69, 9.17) is 16.3 Å². The largest absolute Gasteiger partial charge is 0.485 e. The number of hydrogen-bond acceptors (Lipinski definition) is 7. The van der Waals surface area contributed by atoms with Crippen molar-refractivity contribution in [2.75, 3.05) is 12.4 Å². The van der Waals surface area contributed by atoms with Crippen LogP contribution in [0.25, 0.3) is 0 Å². The van der Waals surface area contributed by atoms with Gasteiger partial charge in [0.05, 0.1) is 6.04 Å². The highest BCUT2D eigenvalue weighted by Crippen LogP contribution is 2.42. The number of aliphatic hydroxyl groups excluding tert-OH is 1. The van der Waals surface area contributed by atoms with Gasteiger partial charge in [-0.25, -0.2) is 13.1 Å². The average Bonchev–Trinajstić information content (AvgIpc) is 3.31. The lowest BCUT2D eigenvalue weighted by Crippen LogP contribution is -2.53. The quantitative estimate of drug-likeness (QED) is 0.241. The number of hydrogen-bond donors (Lipinski definition) is 3. The first-order chi connectivity index (χ1) is 19.9. The van der Waals surface area contributed by atoms with Crippen molar-refractivity contribution in [3.05, 3.63) is 74.0 Å². The molecule has 0 saturated heterocycles. The van der Waals surface area contributed by atoms with Crippen molar-refractivity contribution in [3.63, 3.8) is 0 Å². The van der Waals surface area contributed by atoms with Gasteiger partial charge >= 0.3 is 0 Å². The fourth-order valence-corrected chi connectivity index (χ4v) is 9.19. The van der Waals surface area contributed by atoms with E-state index in [9.17, 15) is 18.3 Å². The fourth-order valence-electron chi connectivity index (χ4n) is 5.65. The highest BCUT2D eigenvalue weighted by Gasteiger charge is 2.45. The molecular formula is C30H35BrClN3O5S2. The number of carbonyl (C=O) groups excluding carboxylic acids is 1.